The van der Waals surface area contributed by atoms with Crippen molar-refractivity contribution < 1.29 is 27.6 Å². The number of nitrogens with one attached hydrogen (secondary N) is 1. The summed E-state index contributed by atoms with van der Waals surface area (Å²) in [5, 5.41) is 2.23. The normalized spacial score (nSPS) is 14.2. The molecule has 0 radical (unpaired) electrons. The van der Waals surface area contributed by atoms with Gasteiger partial charge in [-0.05, 0) is 24.3 Å². The highest BCUT2D eigenvalue weighted by molar-refractivity contribution is 6.39. The first kappa shape index (κ1) is 17.6. The van der Waals surface area contributed by atoms with Gasteiger partial charge in [0.15, 0.2) is 17.4 Å². The van der Waals surface area contributed by atoms with Crippen LogP contribution in [0.5, 0.6) is 0 Å². The number of hydrogen-bond acceptors (Lipinski definition) is 4. The third-order valence-electron chi connectivity index (χ3n) is 3.96. The summed E-state index contributed by atoms with van der Waals surface area (Å²) in [6.07, 6.45) is 1.40. The lowest BCUT2D eigenvalue weighted by Gasteiger charge is -2.33. The van der Waals surface area contributed by atoms with Crippen molar-refractivity contribution in [2.45, 2.75) is 0 Å². The van der Waals surface area contributed by atoms with Crippen molar-refractivity contribution in [3.63, 3.8) is 0 Å². The van der Waals surface area contributed by atoms with Crippen molar-refractivity contribution in [3.8, 4) is 0 Å². The van der Waals surface area contributed by atoms with E-state index >= 15 is 0 Å². The number of piperazine rings is 1. The fourth-order valence-electron chi connectivity index (χ4n) is 2.57. The van der Waals surface area contributed by atoms with Gasteiger partial charge in [0.2, 0.25) is 0 Å². The van der Waals surface area contributed by atoms with Crippen LogP contribution >= 0.6 is 0 Å². The molecule has 1 aromatic carbocycles. The summed E-state index contributed by atoms with van der Waals surface area (Å²) >= 11 is 0. The molecule has 136 valence electrons. The lowest BCUT2D eigenvalue weighted by atomic mass is 10.2. The predicted octanol–water partition coefficient (Wildman–Crippen LogP) is 1.48. The number of hydrogen-bond donors (Lipinski definition) is 1. The van der Waals surface area contributed by atoms with E-state index in [0.717, 1.165) is 18.2 Å². The Labute approximate surface area is 147 Å². The van der Waals surface area contributed by atoms with Gasteiger partial charge in [0.1, 0.15) is 0 Å². The van der Waals surface area contributed by atoms with Crippen LogP contribution in [-0.2, 0) is 9.59 Å². The minimum absolute atomic E-state index is 0.0196. The second kappa shape index (κ2) is 7.34. The molecule has 0 atom stereocenters. The van der Waals surface area contributed by atoms with E-state index in [0.29, 0.717) is 0 Å². The van der Waals surface area contributed by atoms with Crippen molar-refractivity contribution in [1.29, 1.82) is 0 Å². The summed E-state index contributed by atoms with van der Waals surface area (Å²) in [5.41, 5.74) is -0.0196. The maximum Gasteiger partial charge on any atom is 0.313 e. The van der Waals surface area contributed by atoms with E-state index in [-0.39, 0.29) is 43.5 Å². The maximum absolute atomic E-state index is 13.2. The van der Waals surface area contributed by atoms with Crippen molar-refractivity contribution in [2.75, 3.05) is 31.5 Å². The van der Waals surface area contributed by atoms with Crippen molar-refractivity contribution in [1.82, 2.24) is 9.80 Å². The molecule has 0 unspecified atom stereocenters. The van der Waals surface area contributed by atoms with Gasteiger partial charge in [-0.2, -0.15) is 0 Å². The summed E-state index contributed by atoms with van der Waals surface area (Å²) in [7, 11) is 0. The summed E-state index contributed by atoms with van der Waals surface area (Å²) in [6, 6.07) is 5.96. The molecule has 2 heterocycles. The number of halogens is 2. The van der Waals surface area contributed by atoms with Gasteiger partial charge in [0.25, 0.3) is 5.91 Å². The number of carbonyl (C=O) groups excluding carboxylic acids is 3. The zero-order chi connectivity index (χ0) is 18.7. The molecule has 26 heavy (non-hydrogen) atoms. The van der Waals surface area contributed by atoms with Crippen LogP contribution in [0.1, 0.15) is 10.6 Å². The van der Waals surface area contributed by atoms with E-state index in [1.807, 2.05) is 0 Å². The molecule has 0 spiro atoms. The molecule has 1 aliphatic rings. The Morgan fingerprint density at radius 1 is 0.962 bits per heavy atom. The van der Waals surface area contributed by atoms with Gasteiger partial charge >= 0.3 is 11.8 Å². The van der Waals surface area contributed by atoms with Gasteiger partial charge < -0.3 is 19.5 Å². The third kappa shape index (κ3) is 3.71. The molecular weight excluding hydrogens is 348 g/mol. The number of anilines is 1. The second-order valence-corrected chi connectivity index (χ2v) is 5.64. The quantitative estimate of drug-likeness (QED) is 0.820. The molecule has 0 bridgehead atoms. The molecule has 2 aromatic rings. The number of nitrogens with zero attached hydrogens (tertiary/aromatic N) is 2. The second-order valence-electron chi connectivity index (χ2n) is 5.64. The van der Waals surface area contributed by atoms with Crippen LogP contribution in [-0.4, -0.2) is 53.7 Å². The van der Waals surface area contributed by atoms with Gasteiger partial charge in [-0.1, -0.05) is 0 Å². The molecule has 0 saturated carbocycles. The van der Waals surface area contributed by atoms with Crippen LogP contribution in [0.15, 0.2) is 41.0 Å². The zero-order valence-electron chi connectivity index (χ0n) is 13.6. The molecule has 3 amide bonds. The zero-order valence-corrected chi connectivity index (χ0v) is 13.6. The van der Waals surface area contributed by atoms with Gasteiger partial charge in [-0.25, -0.2) is 8.78 Å². The molecule has 7 nitrogen and oxygen atoms in total. The van der Waals surface area contributed by atoms with Gasteiger partial charge in [0.05, 0.1) is 6.26 Å². The van der Waals surface area contributed by atoms with E-state index in [1.54, 1.807) is 12.1 Å². The van der Waals surface area contributed by atoms with Gasteiger partial charge in [-0.3, -0.25) is 14.4 Å². The molecule has 3 rings (SSSR count). The Balaban J connectivity index is 1.55. The molecule has 1 fully saturated rings. The molecule has 1 N–H and O–H groups in total. The van der Waals surface area contributed by atoms with Gasteiger partial charge in [-0.15, -0.1) is 0 Å². The molecule has 1 aromatic heterocycles. The largest absolute Gasteiger partial charge is 0.459 e. The molecule has 1 aliphatic heterocycles. The topological polar surface area (TPSA) is 82.9 Å². The number of rotatable bonds is 2. The molecule has 0 aliphatic carbocycles. The average molecular weight is 363 g/mol. The summed E-state index contributed by atoms with van der Waals surface area (Å²) in [5.74, 6) is -4.01. The van der Waals surface area contributed by atoms with Crippen molar-refractivity contribution in [2.24, 2.45) is 0 Å². The lowest BCUT2D eigenvalue weighted by Crippen LogP contribution is -2.52. The highest BCUT2D eigenvalue weighted by Gasteiger charge is 2.29. The SMILES string of the molecule is O=C(Nc1ccc(F)c(F)c1)C(=O)N1CCN(C(=O)c2ccco2)CC1. The Morgan fingerprint density at radius 2 is 1.65 bits per heavy atom. The molecular formula is C17H15F2N3O4. The van der Waals surface area contributed by atoms with Crippen molar-refractivity contribution >= 4 is 23.4 Å². The fraction of sp³-hybridized carbons (Fsp3) is 0.235. The molecule has 1 saturated heterocycles. The van der Waals surface area contributed by atoms with Crippen LogP contribution < -0.4 is 5.32 Å². The minimum Gasteiger partial charge on any atom is -0.459 e. The third-order valence-corrected chi connectivity index (χ3v) is 3.96. The highest BCUT2D eigenvalue weighted by Crippen LogP contribution is 2.14. The first-order valence-electron chi connectivity index (χ1n) is 7.84. The number of amides is 3. The van der Waals surface area contributed by atoms with Crippen LogP contribution in [0.4, 0.5) is 14.5 Å². The van der Waals surface area contributed by atoms with Crippen LogP contribution in [0.3, 0.4) is 0 Å². The van der Waals surface area contributed by atoms with Crippen LogP contribution in [0, 0.1) is 11.6 Å². The Kier molecular flexibility index (Phi) is 4.97. The Morgan fingerprint density at radius 3 is 2.27 bits per heavy atom. The minimum atomic E-state index is -1.12. The van der Waals surface area contributed by atoms with Crippen LogP contribution in [0.25, 0.3) is 0 Å². The number of furan rings is 1. The van der Waals surface area contributed by atoms with Crippen LogP contribution in [0.2, 0.25) is 0 Å². The number of carbonyl (C=O) groups is 3. The Hall–Kier alpha value is -3.23. The summed E-state index contributed by atoms with van der Waals surface area (Å²) < 4.78 is 31.1. The highest BCUT2D eigenvalue weighted by atomic mass is 19.2. The van der Waals surface area contributed by atoms with Crippen molar-refractivity contribution in [3.05, 3.63) is 54.0 Å². The van der Waals surface area contributed by atoms with Gasteiger partial charge in [0, 0.05) is 37.9 Å². The maximum atomic E-state index is 13.2. The monoisotopic (exact) mass is 363 g/mol. The van der Waals surface area contributed by atoms with E-state index < -0.39 is 23.4 Å². The lowest BCUT2D eigenvalue weighted by molar-refractivity contribution is -0.144. The fourth-order valence-corrected chi connectivity index (χ4v) is 2.57. The summed E-state index contributed by atoms with van der Waals surface area (Å²) in [6.45, 7) is 0.862. The predicted molar refractivity (Wildman–Crippen MR) is 86.2 cm³/mol. The first-order chi connectivity index (χ1) is 12.5. The van der Waals surface area contributed by atoms with E-state index in [4.69, 9.17) is 4.42 Å². The molecule has 9 heteroatoms. The number of benzene rings is 1. The van der Waals surface area contributed by atoms with E-state index in [1.165, 1.54) is 16.1 Å². The standard InChI is InChI=1S/C17H15F2N3O4/c18-12-4-3-11(10-13(12)19)20-15(23)17(25)22-7-5-21(6-8-22)16(24)14-2-1-9-26-14/h1-4,9-10H,5-8H2,(H,20,23). The van der Waals surface area contributed by atoms with E-state index in [2.05, 4.69) is 5.32 Å². The smallest absolute Gasteiger partial charge is 0.313 e. The summed E-state index contributed by atoms with van der Waals surface area (Å²) in [4.78, 5) is 39.2. The first-order valence-corrected chi connectivity index (χ1v) is 7.84. The van der Waals surface area contributed by atoms with E-state index in [9.17, 15) is 23.2 Å². The average Bonchev–Trinajstić information content (AvgIpc) is 3.18. The Bertz CT molecular complexity index is 831.